The molecule has 0 unspecified atom stereocenters. The summed E-state index contributed by atoms with van der Waals surface area (Å²) in [6, 6.07) is 8.88. The summed E-state index contributed by atoms with van der Waals surface area (Å²) in [5, 5.41) is 0. The van der Waals surface area contributed by atoms with Crippen LogP contribution < -0.4 is 0 Å². The van der Waals surface area contributed by atoms with Gasteiger partial charge in [0.1, 0.15) is 0 Å². The largest absolute Gasteiger partial charge is 0.341 e. The van der Waals surface area contributed by atoms with Crippen molar-refractivity contribution in [3.63, 3.8) is 0 Å². The SMILES string of the molecule is O=C1[C@H]2CCc3ccccc3[C@@H]2CN1CC12CC3CC(CC(C3)C1)C2. The van der Waals surface area contributed by atoms with Gasteiger partial charge in [-0.05, 0) is 85.7 Å². The summed E-state index contributed by atoms with van der Waals surface area (Å²) in [5.74, 6) is 4.15. The molecule has 1 aromatic carbocycles. The molecule has 1 saturated heterocycles. The Hall–Kier alpha value is -1.31. The Kier molecular flexibility index (Phi) is 3.03. The minimum absolute atomic E-state index is 0.267. The third-order valence-corrected chi connectivity index (χ3v) is 8.40. The van der Waals surface area contributed by atoms with Crippen LogP contribution in [0.15, 0.2) is 24.3 Å². The second kappa shape index (κ2) is 5.11. The predicted molar refractivity (Wildman–Crippen MR) is 98.2 cm³/mol. The molecule has 1 heterocycles. The molecule has 4 bridgehead atoms. The molecular weight excluding hydrogens is 306 g/mol. The maximum absolute atomic E-state index is 13.2. The van der Waals surface area contributed by atoms with Gasteiger partial charge >= 0.3 is 0 Å². The lowest BCUT2D eigenvalue weighted by molar-refractivity contribution is -0.136. The highest BCUT2D eigenvalue weighted by Crippen LogP contribution is 2.60. The highest BCUT2D eigenvalue weighted by Gasteiger charge is 2.53. The lowest BCUT2D eigenvalue weighted by atomic mass is 9.49. The average molecular weight is 335 g/mol. The van der Waals surface area contributed by atoms with Crippen molar-refractivity contribution in [3.8, 4) is 0 Å². The molecule has 7 rings (SSSR count). The van der Waals surface area contributed by atoms with E-state index in [0.29, 0.717) is 17.2 Å². The van der Waals surface area contributed by atoms with Crippen LogP contribution in [0.5, 0.6) is 0 Å². The van der Waals surface area contributed by atoms with Crippen LogP contribution >= 0.6 is 0 Å². The van der Waals surface area contributed by atoms with Gasteiger partial charge in [-0.1, -0.05) is 24.3 Å². The molecule has 1 aromatic rings. The van der Waals surface area contributed by atoms with E-state index in [0.717, 1.165) is 43.7 Å². The topological polar surface area (TPSA) is 20.3 Å². The zero-order valence-corrected chi connectivity index (χ0v) is 15.1. The number of fused-ring (bicyclic) bond motifs is 3. The molecule has 0 radical (unpaired) electrons. The molecular formula is C23H29NO. The first kappa shape index (κ1) is 14.8. The second-order valence-corrected chi connectivity index (χ2v) is 10.1. The Morgan fingerprint density at radius 1 is 0.960 bits per heavy atom. The summed E-state index contributed by atoms with van der Waals surface area (Å²) in [6.45, 7) is 2.06. The molecule has 5 aliphatic carbocycles. The molecule has 25 heavy (non-hydrogen) atoms. The van der Waals surface area contributed by atoms with E-state index >= 15 is 0 Å². The molecule has 6 aliphatic rings. The average Bonchev–Trinajstić information content (AvgIpc) is 2.89. The van der Waals surface area contributed by atoms with Crippen LogP contribution in [0.4, 0.5) is 0 Å². The Morgan fingerprint density at radius 3 is 2.36 bits per heavy atom. The van der Waals surface area contributed by atoms with Crippen molar-refractivity contribution in [3.05, 3.63) is 35.4 Å². The van der Waals surface area contributed by atoms with Gasteiger partial charge in [0.25, 0.3) is 0 Å². The maximum atomic E-state index is 13.2. The van der Waals surface area contributed by atoms with Crippen LogP contribution in [-0.2, 0) is 11.2 Å². The number of aryl methyl sites for hydroxylation is 1. The van der Waals surface area contributed by atoms with Crippen LogP contribution in [0.3, 0.4) is 0 Å². The molecule has 132 valence electrons. The summed E-state index contributed by atoms with van der Waals surface area (Å²) in [4.78, 5) is 15.5. The van der Waals surface area contributed by atoms with Crippen LogP contribution in [0.25, 0.3) is 0 Å². The van der Waals surface area contributed by atoms with Crippen LogP contribution in [-0.4, -0.2) is 23.9 Å². The van der Waals surface area contributed by atoms with E-state index < -0.39 is 0 Å². The summed E-state index contributed by atoms with van der Waals surface area (Å²) < 4.78 is 0. The zero-order chi connectivity index (χ0) is 16.6. The van der Waals surface area contributed by atoms with Gasteiger partial charge in [-0.25, -0.2) is 0 Å². The quantitative estimate of drug-likeness (QED) is 0.785. The second-order valence-electron chi connectivity index (χ2n) is 10.1. The summed E-state index contributed by atoms with van der Waals surface area (Å²) in [6.07, 6.45) is 10.9. The fraction of sp³-hybridized carbons (Fsp3) is 0.696. The third kappa shape index (κ3) is 2.18. The van der Waals surface area contributed by atoms with Gasteiger partial charge in [0.05, 0.1) is 0 Å². The number of nitrogens with zero attached hydrogens (tertiary/aromatic N) is 1. The van der Waals surface area contributed by atoms with Crippen molar-refractivity contribution in [1.29, 1.82) is 0 Å². The van der Waals surface area contributed by atoms with E-state index in [1.54, 1.807) is 0 Å². The molecule has 1 amide bonds. The number of amides is 1. The fourth-order valence-corrected chi connectivity index (χ4v) is 7.97. The molecule has 4 saturated carbocycles. The first-order valence-corrected chi connectivity index (χ1v) is 10.6. The summed E-state index contributed by atoms with van der Waals surface area (Å²) >= 11 is 0. The van der Waals surface area contributed by atoms with E-state index in [9.17, 15) is 4.79 Å². The Balaban J connectivity index is 1.27. The van der Waals surface area contributed by atoms with Crippen molar-refractivity contribution < 1.29 is 4.79 Å². The molecule has 0 spiro atoms. The molecule has 2 nitrogen and oxygen atoms in total. The van der Waals surface area contributed by atoms with Crippen molar-refractivity contribution >= 4 is 5.91 Å². The van der Waals surface area contributed by atoms with Gasteiger partial charge in [-0.3, -0.25) is 4.79 Å². The first-order valence-electron chi connectivity index (χ1n) is 10.6. The molecule has 2 atom stereocenters. The van der Waals surface area contributed by atoms with E-state index in [1.165, 1.54) is 49.7 Å². The number of hydrogen-bond donors (Lipinski definition) is 0. The first-order chi connectivity index (χ1) is 12.2. The van der Waals surface area contributed by atoms with Crippen LogP contribution in [0, 0.1) is 29.1 Å². The van der Waals surface area contributed by atoms with Gasteiger partial charge in [-0.2, -0.15) is 0 Å². The molecule has 5 fully saturated rings. The zero-order valence-electron chi connectivity index (χ0n) is 15.1. The highest BCUT2D eigenvalue weighted by molar-refractivity contribution is 5.83. The van der Waals surface area contributed by atoms with Crippen LogP contribution in [0.1, 0.15) is 62.0 Å². The van der Waals surface area contributed by atoms with E-state index in [4.69, 9.17) is 0 Å². The van der Waals surface area contributed by atoms with Crippen molar-refractivity contribution in [1.82, 2.24) is 4.90 Å². The number of rotatable bonds is 2. The maximum Gasteiger partial charge on any atom is 0.226 e. The molecule has 2 heteroatoms. The van der Waals surface area contributed by atoms with Gasteiger partial charge in [0.2, 0.25) is 5.91 Å². The minimum atomic E-state index is 0.267. The van der Waals surface area contributed by atoms with Crippen molar-refractivity contribution in [2.75, 3.05) is 13.1 Å². The lowest BCUT2D eigenvalue weighted by Crippen LogP contribution is -2.51. The number of carbonyl (C=O) groups is 1. The number of benzene rings is 1. The van der Waals surface area contributed by atoms with E-state index in [2.05, 4.69) is 29.2 Å². The van der Waals surface area contributed by atoms with E-state index in [-0.39, 0.29) is 5.92 Å². The van der Waals surface area contributed by atoms with Gasteiger partial charge in [0.15, 0.2) is 0 Å². The van der Waals surface area contributed by atoms with Crippen molar-refractivity contribution in [2.24, 2.45) is 29.1 Å². The standard InChI is InChI=1S/C23H29NO/c25-22-20-6-5-18-3-1-2-4-19(18)21(20)13-24(22)14-23-10-15-7-16(11-23)9-17(8-15)12-23/h1-4,15-17,20-21H,5-14H2/t15?,16?,17?,20-,21-,23?/m0/s1. The summed E-state index contributed by atoms with van der Waals surface area (Å²) in [5.41, 5.74) is 3.45. The highest BCUT2D eigenvalue weighted by atomic mass is 16.2. The van der Waals surface area contributed by atoms with Gasteiger partial charge < -0.3 is 4.90 Å². The Labute approximate surface area is 151 Å². The smallest absolute Gasteiger partial charge is 0.226 e. The normalized spacial score (nSPS) is 44.1. The molecule has 1 aliphatic heterocycles. The van der Waals surface area contributed by atoms with Gasteiger partial charge in [0, 0.05) is 24.9 Å². The van der Waals surface area contributed by atoms with Gasteiger partial charge in [-0.15, -0.1) is 0 Å². The number of carbonyl (C=O) groups excluding carboxylic acids is 1. The van der Waals surface area contributed by atoms with E-state index in [1.807, 2.05) is 0 Å². The lowest BCUT2D eigenvalue weighted by Gasteiger charge is -2.57. The van der Waals surface area contributed by atoms with Crippen LogP contribution in [0.2, 0.25) is 0 Å². The summed E-state index contributed by atoms with van der Waals surface area (Å²) in [7, 11) is 0. The number of hydrogen-bond acceptors (Lipinski definition) is 1. The minimum Gasteiger partial charge on any atom is -0.341 e. The predicted octanol–water partition coefficient (Wildman–Crippen LogP) is 4.39. The molecule has 0 N–H and O–H groups in total. The number of likely N-dealkylation sites (tertiary alicyclic amines) is 1. The Morgan fingerprint density at radius 2 is 1.64 bits per heavy atom. The van der Waals surface area contributed by atoms with Crippen molar-refractivity contribution in [2.45, 2.75) is 57.3 Å². The monoisotopic (exact) mass is 335 g/mol. The molecule has 0 aromatic heterocycles. The Bertz CT molecular complexity index is 687. The fourth-order valence-electron chi connectivity index (χ4n) is 7.97. The third-order valence-electron chi connectivity index (χ3n) is 8.40.